The molecular formula is C15H29NO. The molecule has 0 radical (unpaired) electrons. The van der Waals surface area contributed by atoms with Crippen LogP contribution in [0.15, 0.2) is 0 Å². The Balaban J connectivity index is 2.11. The molecule has 0 atom stereocenters. The summed E-state index contributed by atoms with van der Waals surface area (Å²) in [6, 6.07) is 0. The fourth-order valence-corrected chi connectivity index (χ4v) is 2.49. The van der Waals surface area contributed by atoms with Crippen molar-refractivity contribution >= 4 is 5.91 Å². The Morgan fingerprint density at radius 3 is 1.53 bits per heavy atom. The second-order valence-corrected chi connectivity index (χ2v) is 5.34. The zero-order valence-corrected chi connectivity index (χ0v) is 11.3. The maximum absolute atomic E-state index is 11.5. The minimum Gasteiger partial charge on any atom is -0.356 e. The molecule has 0 aromatic carbocycles. The molecule has 2 nitrogen and oxygen atoms in total. The summed E-state index contributed by atoms with van der Waals surface area (Å²) in [6.45, 7) is 0.888. The van der Waals surface area contributed by atoms with Crippen molar-refractivity contribution in [3.63, 3.8) is 0 Å². The lowest BCUT2D eigenvalue weighted by Crippen LogP contribution is -2.23. The highest BCUT2D eigenvalue weighted by Gasteiger charge is 2.01. The molecule has 17 heavy (non-hydrogen) atoms. The summed E-state index contributed by atoms with van der Waals surface area (Å²) in [5.41, 5.74) is 0. The Morgan fingerprint density at radius 2 is 1.00 bits per heavy atom. The van der Waals surface area contributed by atoms with E-state index in [0.29, 0.717) is 0 Å². The van der Waals surface area contributed by atoms with Crippen LogP contribution in [0.4, 0.5) is 0 Å². The number of nitrogens with one attached hydrogen (secondary N) is 1. The van der Waals surface area contributed by atoms with Crippen LogP contribution in [0, 0.1) is 0 Å². The van der Waals surface area contributed by atoms with Gasteiger partial charge in [0.1, 0.15) is 0 Å². The van der Waals surface area contributed by atoms with Crippen LogP contribution in [0.5, 0.6) is 0 Å². The average Bonchev–Trinajstić information content (AvgIpc) is 2.32. The first-order valence-corrected chi connectivity index (χ1v) is 7.66. The van der Waals surface area contributed by atoms with Crippen molar-refractivity contribution in [3.8, 4) is 0 Å². The normalized spacial score (nSPS) is 22.9. The first-order chi connectivity index (χ1) is 8.39. The number of amides is 1. The molecule has 0 unspecified atom stereocenters. The molecule has 1 N–H and O–H groups in total. The maximum Gasteiger partial charge on any atom is 0.219 e. The van der Waals surface area contributed by atoms with Crippen LogP contribution in [-0.4, -0.2) is 12.5 Å². The van der Waals surface area contributed by atoms with E-state index >= 15 is 0 Å². The van der Waals surface area contributed by atoms with E-state index in [2.05, 4.69) is 5.32 Å². The van der Waals surface area contributed by atoms with E-state index in [-0.39, 0.29) is 5.91 Å². The van der Waals surface area contributed by atoms with Crippen LogP contribution in [0.1, 0.15) is 83.5 Å². The van der Waals surface area contributed by atoms with E-state index in [1.54, 1.807) is 0 Å². The Kier molecular flexibility index (Phi) is 9.07. The Labute approximate surface area is 107 Å². The number of rotatable bonds is 0. The van der Waals surface area contributed by atoms with Crippen molar-refractivity contribution in [2.45, 2.75) is 83.5 Å². The monoisotopic (exact) mass is 239 g/mol. The molecule has 0 aliphatic carbocycles. The van der Waals surface area contributed by atoms with Gasteiger partial charge < -0.3 is 5.32 Å². The number of carbonyl (C=O) groups excluding carboxylic acids is 1. The van der Waals surface area contributed by atoms with Crippen LogP contribution < -0.4 is 5.32 Å². The van der Waals surface area contributed by atoms with Gasteiger partial charge in [0.2, 0.25) is 5.91 Å². The fourth-order valence-electron chi connectivity index (χ4n) is 2.49. The summed E-state index contributed by atoms with van der Waals surface area (Å²) < 4.78 is 0. The molecule has 2 heteroatoms. The topological polar surface area (TPSA) is 29.1 Å². The van der Waals surface area contributed by atoms with Crippen LogP contribution >= 0.6 is 0 Å². The highest BCUT2D eigenvalue weighted by molar-refractivity contribution is 5.75. The summed E-state index contributed by atoms with van der Waals surface area (Å²) in [6.07, 6.45) is 16.5. The van der Waals surface area contributed by atoms with Crippen LogP contribution in [0.3, 0.4) is 0 Å². The van der Waals surface area contributed by atoms with Gasteiger partial charge in [0, 0.05) is 13.0 Å². The van der Waals surface area contributed by atoms with E-state index in [1.165, 1.54) is 64.2 Å². The van der Waals surface area contributed by atoms with Crippen LogP contribution in [-0.2, 0) is 4.79 Å². The molecule has 100 valence electrons. The van der Waals surface area contributed by atoms with E-state index in [4.69, 9.17) is 0 Å². The molecule has 0 aromatic rings. The SMILES string of the molecule is O=C1CCCCCCCCCCCCCCN1. The zero-order chi connectivity index (χ0) is 12.2. The van der Waals surface area contributed by atoms with Crippen molar-refractivity contribution in [3.05, 3.63) is 0 Å². The average molecular weight is 239 g/mol. The third kappa shape index (κ3) is 9.20. The van der Waals surface area contributed by atoms with E-state index in [0.717, 1.165) is 25.8 Å². The standard InChI is InChI=1S/C15H29NO/c17-15-13-11-9-7-5-3-1-2-4-6-8-10-12-14-16-15/h1-14H2,(H,16,17). The number of hydrogen-bond acceptors (Lipinski definition) is 1. The molecule has 1 aliphatic heterocycles. The van der Waals surface area contributed by atoms with Gasteiger partial charge in [-0.05, 0) is 12.8 Å². The lowest BCUT2D eigenvalue weighted by molar-refractivity contribution is -0.121. The summed E-state index contributed by atoms with van der Waals surface area (Å²) in [4.78, 5) is 11.5. The maximum atomic E-state index is 11.5. The fraction of sp³-hybridized carbons (Fsp3) is 0.933. The van der Waals surface area contributed by atoms with Gasteiger partial charge in [-0.1, -0.05) is 64.2 Å². The molecule has 1 amide bonds. The predicted octanol–water partition coefficient (Wildman–Crippen LogP) is 4.19. The molecule has 1 aliphatic rings. The Morgan fingerprint density at radius 1 is 0.588 bits per heavy atom. The molecule has 1 heterocycles. The van der Waals surface area contributed by atoms with Crippen molar-refractivity contribution in [1.82, 2.24) is 5.32 Å². The third-order valence-corrected chi connectivity index (χ3v) is 3.65. The first-order valence-electron chi connectivity index (χ1n) is 7.66. The van der Waals surface area contributed by atoms with Crippen molar-refractivity contribution in [2.75, 3.05) is 6.54 Å². The Hall–Kier alpha value is -0.530. The molecule has 0 aromatic heterocycles. The summed E-state index contributed by atoms with van der Waals surface area (Å²) in [5, 5.41) is 3.03. The van der Waals surface area contributed by atoms with E-state index in [9.17, 15) is 4.79 Å². The molecule has 0 bridgehead atoms. The van der Waals surface area contributed by atoms with Crippen molar-refractivity contribution < 1.29 is 4.79 Å². The van der Waals surface area contributed by atoms with Gasteiger partial charge >= 0.3 is 0 Å². The van der Waals surface area contributed by atoms with Crippen molar-refractivity contribution in [1.29, 1.82) is 0 Å². The van der Waals surface area contributed by atoms with Gasteiger partial charge in [-0.3, -0.25) is 4.79 Å². The minimum absolute atomic E-state index is 0.261. The Bertz CT molecular complexity index is 173. The predicted molar refractivity (Wildman–Crippen MR) is 73.0 cm³/mol. The number of hydrogen-bond donors (Lipinski definition) is 1. The third-order valence-electron chi connectivity index (χ3n) is 3.65. The summed E-state index contributed by atoms with van der Waals surface area (Å²) in [7, 11) is 0. The van der Waals surface area contributed by atoms with E-state index in [1.807, 2.05) is 0 Å². The molecule has 1 saturated heterocycles. The lowest BCUT2D eigenvalue weighted by atomic mass is 10.0. The quantitative estimate of drug-likeness (QED) is 0.675. The van der Waals surface area contributed by atoms with Crippen molar-refractivity contribution in [2.24, 2.45) is 0 Å². The highest BCUT2D eigenvalue weighted by atomic mass is 16.1. The van der Waals surface area contributed by atoms with Gasteiger partial charge in [0.25, 0.3) is 0 Å². The smallest absolute Gasteiger partial charge is 0.219 e. The van der Waals surface area contributed by atoms with Gasteiger partial charge in [0.05, 0.1) is 0 Å². The van der Waals surface area contributed by atoms with Gasteiger partial charge in [-0.25, -0.2) is 0 Å². The van der Waals surface area contributed by atoms with Crippen LogP contribution in [0.2, 0.25) is 0 Å². The molecule has 0 saturated carbocycles. The first kappa shape index (κ1) is 14.5. The van der Waals surface area contributed by atoms with Gasteiger partial charge in [-0.15, -0.1) is 0 Å². The van der Waals surface area contributed by atoms with Gasteiger partial charge in [-0.2, -0.15) is 0 Å². The molecule has 1 rings (SSSR count). The zero-order valence-electron chi connectivity index (χ0n) is 11.3. The summed E-state index contributed by atoms with van der Waals surface area (Å²) >= 11 is 0. The molecular weight excluding hydrogens is 210 g/mol. The molecule has 0 spiro atoms. The second-order valence-electron chi connectivity index (χ2n) is 5.34. The number of carbonyl (C=O) groups is 1. The second kappa shape index (κ2) is 10.6. The highest BCUT2D eigenvalue weighted by Crippen LogP contribution is 2.12. The van der Waals surface area contributed by atoms with E-state index < -0.39 is 0 Å². The van der Waals surface area contributed by atoms with Crippen LogP contribution in [0.25, 0.3) is 0 Å². The summed E-state index contributed by atoms with van der Waals surface area (Å²) in [5.74, 6) is 0.261. The minimum atomic E-state index is 0.261. The lowest BCUT2D eigenvalue weighted by Gasteiger charge is -2.07. The molecule has 1 fully saturated rings. The van der Waals surface area contributed by atoms with Gasteiger partial charge in [0.15, 0.2) is 0 Å². The largest absolute Gasteiger partial charge is 0.356 e.